The standard InChI is InChI=1S/C46H45F5N2O4/c1-2-24-52(27-38-41(47)43(49)45(51)44(50)42(38)48)28-40(54)53(26-31-18-20-35(21-19-31)34-16-10-5-11-17-34)36-22-23-37(46(55)57-30-33-14-8-4-9-15-33)39(25-36)56-29-32-12-6-3-7-13-32/h3-4,6-9,12-15,18-23,25,34H,2,5,10-11,16-17,24,26-30H2,1H3. The number of rotatable bonds is 16. The highest BCUT2D eigenvalue weighted by atomic mass is 19.2. The van der Waals surface area contributed by atoms with Gasteiger partial charge in [0.05, 0.1) is 13.1 Å². The van der Waals surface area contributed by atoms with Gasteiger partial charge in [0.1, 0.15) is 24.5 Å². The van der Waals surface area contributed by atoms with E-state index in [1.807, 2.05) is 72.8 Å². The number of nitrogens with zero attached hydrogens (tertiary/aromatic N) is 2. The summed E-state index contributed by atoms with van der Waals surface area (Å²) in [5.74, 6) is -10.7. The molecule has 11 heteroatoms. The number of anilines is 1. The first-order valence-electron chi connectivity index (χ1n) is 19.3. The Morgan fingerprint density at radius 2 is 1.26 bits per heavy atom. The lowest BCUT2D eigenvalue weighted by Crippen LogP contribution is -2.40. The summed E-state index contributed by atoms with van der Waals surface area (Å²) in [5, 5.41) is 0. The van der Waals surface area contributed by atoms with Gasteiger partial charge < -0.3 is 14.4 Å². The van der Waals surface area contributed by atoms with E-state index in [0.717, 1.165) is 29.5 Å². The summed E-state index contributed by atoms with van der Waals surface area (Å²) in [6.07, 6.45) is 6.24. The molecule has 0 heterocycles. The monoisotopic (exact) mass is 784 g/mol. The summed E-state index contributed by atoms with van der Waals surface area (Å²) in [4.78, 5) is 30.7. The fourth-order valence-electron chi connectivity index (χ4n) is 7.16. The van der Waals surface area contributed by atoms with E-state index in [-0.39, 0.29) is 37.6 Å². The van der Waals surface area contributed by atoms with E-state index in [0.29, 0.717) is 18.0 Å². The molecule has 0 saturated heterocycles. The van der Waals surface area contributed by atoms with E-state index in [2.05, 4.69) is 12.1 Å². The van der Waals surface area contributed by atoms with Crippen LogP contribution >= 0.6 is 0 Å². The molecule has 0 atom stereocenters. The molecule has 57 heavy (non-hydrogen) atoms. The van der Waals surface area contributed by atoms with Crippen molar-refractivity contribution in [1.82, 2.24) is 4.90 Å². The van der Waals surface area contributed by atoms with Crippen LogP contribution in [0.1, 0.15) is 89.5 Å². The van der Waals surface area contributed by atoms with Gasteiger partial charge in [-0.2, -0.15) is 0 Å². The summed E-state index contributed by atoms with van der Waals surface area (Å²) in [7, 11) is 0. The Morgan fingerprint density at radius 1 is 0.667 bits per heavy atom. The van der Waals surface area contributed by atoms with Crippen LogP contribution in [-0.4, -0.2) is 29.9 Å². The van der Waals surface area contributed by atoms with Gasteiger partial charge in [-0.1, -0.05) is 111 Å². The van der Waals surface area contributed by atoms with Gasteiger partial charge in [-0.05, 0) is 66.1 Å². The maximum atomic E-state index is 14.8. The second kappa shape index (κ2) is 19.5. The Bertz CT molecular complexity index is 2100. The minimum atomic E-state index is -2.25. The molecule has 5 aromatic carbocycles. The lowest BCUT2D eigenvalue weighted by molar-refractivity contribution is -0.120. The average molecular weight is 785 g/mol. The SMILES string of the molecule is CCCN(CC(=O)N(Cc1ccc(C2CCCCC2)cc1)c1ccc(C(=O)OCc2ccccc2)c(OCc2ccccc2)c1)Cc1c(F)c(F)c(F)c(F)c1F. The van der Waals surface area contributed by atoms with E-state index in [9.17, 15) is 31.5 Å². The normalized spacial score (nSPS) is 13.1. The van der Waals surface area contributed by atoms with Gasteiger partial charge in [-0.15, -0.1) is 0 Å². The second-order valence-corrected chi connectivity index (χ2v) is 14.3. The number of benzene rings is 5. The smallest absolute Gasteiger partial charge is 0.342 e. The number of ether oxygens (including phenoxy) is 2. The second-order valence-electron chi connectivity index (χ2n) is 14.3. The molecule has 0 radical (unpaired) electrons. The van der Waals surface area contributed by atoms with Gasteiger partial charge in [-0.3, -0.25) is 9.69 Å². The summed E-state index contributed by atoms with van der Waals surface area (Å²) in [5.41, 5.74) is 3.11. The third-order valence-corrected chi connectivity index (χ3v) is 10.2. The van der Waals surface area contributed by atoms with Gasteiger partial charge in [0.25, 0.3) is 0 Å². The van der Waals surface area contributed by atoms with Crippen molar-refractivity contribution in [2.24, 2.45) is 0 Å². The largest absolute Gasteiger partial charge is 0.488 e. The number of hydrogen-bond donors (Lipinski definition) is 0. The minimum Gasteiger partial charge on any atom is -0.488 e. The van der Waals surface area contributed by atoms with E-state index in [4.69, 9.17) is 9.47 Å². The molecule has 0 aromatic heterocycles. The maximum absolute atomic E-state index is 14.8. The van der Waals surface area contributed by atoms with Gasteiger partial charge in [0.2, 0.25) is 11.7 Å². The molecule has 1 amide bonds. The number of carbonyl (C=O) groups is 2. The highest BCUT2D eigenvalue weighted by molar-refractivity contribution is 5.97. The maximum Gasteiger partial charge on any atom is 0.342 e. The molecule has 1 fully saturated rings. The summed E-state index contributed by atoms with van der Waals surface area (Å²) in [6, 6.07) is 31.3. The molecular formula is C46H45F5N2O4. The first-order valence-corrected chi connectivity index (χ1v) is 19.3. The zero-order valence-electron chi connectivity index (χ0n) is 31.8. The van der Waals surface area contributed by atoms with Crippen LogP contribution in [0.15, 0.2) is 103 Å². The minimum absolute atomic E-state index is 0.0251. The zero-order chi connectivity index (χ0) is 40.3. The third-order valence-electron chi connectivity index (χ3n) is 10.2. The fraction of sp³-hybridized carbons (Fsp3) is 0.304. The third kappa shape index (κ3) is 10.5. The molecule has 0 N–H and O–H groups in total. The lowest BCUT2D eigenvalue weighted by atomic mass is 9.84. The molecule has 0 aliphatic heterocycles. The summed E-state index contributed by atoms with van der Waals surface area (Å²) in [6.45, 7) is 0.966. The van der Waals surface area contributed by atoms with Crippen LogP contribution < -0.4 is 9.64 Å². The van der Waals surface area contributed by atoms with Crippen molar-refractivity contribution in [3.63, 3.8) is 0 Å². The number of esters is 1. The first kappa shape index (κ1) is 41.1. The van der Waals surface area contributed by atoms with Crippen molar-refractivity contribution >= 4 is 17.6 Å². The quantitative estimate of drug-likeness (QED) is 0.0432. The van der Waals surface area contributed by atoms with Crippen molar-refractivity contribution in [2.45, 2.75) is 77.7 Å². The Labute approximate surface area is 329 Å². The lowest BCUT2D eigenvalue weighted by Gasteiger charge is -2.29. The molecule has 1 saturated carbocycles. The van der Waals surface area contributed by atoms with E-state index in [1.54, 1.807) is 19.1 Å². The van der Waals surface area contributed by atoms with Crippen LogP contribution in [-0.2, 0) is 35.8 Å². The molecule has 1 aliphatic carbocycles. The predicted molar refractivity (Wildman–Crippen MR) is 208 cm³/mol. The molecular weight excluding hydrogens is 740 g/mol. The number of amides is 1. The fourth-order valence-corrected chi connectivity index (χ4v) is 7.16. The van der Waals surface area contributed by atoms with Gasteiger partial charge >= 0.3 is 5.97 Å². The highest BCUT2D eigenvalue weighted by Gasteiger charge is 2.29. The van der Waals surface area contributed by atoms with Gasteiger partial charge in [0, 0.05) is 23.9 Å². The van der Waals surface area contributed by atoms with Crippen LogP contribution in [0.2, 0.25) is 0 Å². The zero-order valence-corrected chi connectivity index (χ0v) is 31.8. The predicted octanol–water partition coefficient (Wildman–Crippen LogP) is 10.8. The number of carbonyl (C=O) groups excluding carboxylic acids is 2. The molecule has 0 unspecified atom stereocenters. The van der Waals surface area contributed by atoms with Crippen molar-refractivity contribution in [1.29, 1.82) is 0 Å². The van der Waals surface area contributed by atoms with Crippen molar-refractivity contribution in [3.8, 4) is 5.75 Å². The Morgan fingerprint density at radius 3 is 1.88 bits per heavy atom. The molecule has 298 valence electrons. The average Bonchev–Trinajstić information content (AvgIpc) is 3.25. The van der Waals surface area contributed by atoms with Gasteiger partial charge in [-0.25, -0.2) is 26.7 Å². The molecule has 0 bridgehead atoms. The number of hydrogen-bond acceptors (Lipinski definition) is 5. The van der Waals surface area contributed by atoms with Gasteiger partial charge in [0.15, 0.2) is 23.3 Å². The summed E-state index contributed by atoms with van der Waals surface area (Å²) >= 11 is 0. The Hall–Kier alpha value is -5.55. The first-order chi connectivity index (χ1) is 27.6. The van der Waals surface area contributed by atoms with Crippen LogP contribution in [0.3, 0.4) is 0 Å². The van der Waals surface area contributed by atoms with Crippen LogP contribution in [0.5, 0.6) is 5.75 Å². The molecule has 0 spiro atoms. The molecule has 6 nitrogen and oxygen atoms in total. The van der Waals surface area contributed by atoms with Crippen LogP contribution in [0.25, 0.3) is 0 Å². The molecule has 1 aliphatic rings. The van der Waals surface area contributed by atoms with E-state index >= 15 is 0 Å². The van der Waals surface area contributed by atoms with Crippen molar-refractivity contribution < 1.29 is 41.0 Å². The molecule has 5 aromatic rings. The van der Waals surface area contributed by atoms with Crippen molar-refractivity contribution in [2.75, 3.05) is 18.0 Å². The van der Waals surface area contributed by atoms with Crippen LogP contribution in [0, 0.1) is 29.1 Å². The number of halogens is 5. The van der Waals surface area contributed by atoms with Crippen LogP contribution in [0.4, 0.5) is 27.6 Å². The summed E-state index contributed by atoms with van der Waals surface area (Å²) < 4.78 is 83.7. The Kier molecular flexibility index (Phi) is 14.1. The topological polar surface area (TPSA) is 59.1 Å². The Balaban J connectivity index is 1.33. The molecule has 6 rings (SSSR count). The van der Waals surface area contributed by atoms with Crippen molar-refractivity contribution in [3.05, 3.63) is 166 Å². The van der Waals surface area contributed by atoms with E-state index in [1.165, 1.54) is 40.7 Å². The highest BCUT2D eigenvalue weighted by Crippen LogP contribution is 2.34. The van der Waals surface area contributed by atoms with E-state index < -0.39 is 59.6 Å².